The average Bonchev–Trinajstić information content (AvgIpc) is 3.16. The SMILES string of the molecule is CN(C)C(=O)c1ccc(NC(=O)CSc2nc3ccccc3n2-c2ccccc2)cc1. The summed E-state index contributed by atoms with van der Waals surface area (Å²) < 4.78 is 2.06. The molecule has 0 unspecified atom stereocenters. The number of fused-ring (bicyclic) bond motifs is 1. The van der Waals surface area contributed by atoms with E-state index in [0.717, 1.165) is 21.9 Å². The van der Waals surface area contributed by atoms with Crippen molar-refractivity contribution >= 4 is 40.3 Å². The zero-order valence-corrected chi connectivity index (χ0v) is 18.1. The first-order valence-corrected chi connectivity index (χ1v) is 10.8. The van der Waals surface area contributed by atoms with Gasteiger partial charge in [0.05, 0.1) is 16.8 Å². The molecule has 1 N–H and O–H groups in total. The van der Waals surface area contributed by atoms with Crippen molar-refractivity contribution in [3.05, 3.63) is 84.4 Å². The molecule has 0 saturated carbocycles. The molecule has 0 aliphatic heterocycles. The number of para-hydroxylation sites is 3. The number of imidazole rings is 1. The van der Waals surface area contributed by atoms with Gasteiger partial charge in [0.2, 0.25) is 5.91 Å². The highest BCUT2D eigenvalue weighted by Gasteiger charge is 2.14. The van der Waals surface area contributed by atoms with Gasteiger partial charge in [-0.2, -0.15) is 0 Å². The third-order valence-corrected chi connectivity index (χ3v) is 5.64. The fourth-order valence-electron chi connectivity index (χ4n) is 3.21. The molecule has 0 bridgehead atoms. The van der Waals surface area contributed by atoms with Gasteiger partial charge in [0.15, 0.2) is 5.16 Å². The summed E-state index contributed by atoms with van der Waals surface area (Å²) in [6.07, 6.45) is 0. The van der Waals surface area contributed by atoms with Crippen LogP contribution >= 0.6 is 11.8 Å². The van der Waals surface area contributed by atoms with Gasteiger partial charge < -0.3 is 10.2 Å². The molecule has 4 rings (SSSR count). The summed E-state index contributed by atoms with van der Waals surface area (Å²) in [5.74, 6) is 0.00532. The van der Waals surface area contributed by atoms with E-state index < -0.39 is 0 Å². The lowest BCUT2D eigenvalue weighted by Gasteiger charge is -2.11. The Bertz CT molecular complexity index is 1220. The van der Waals surface area contributed by atoms with Gasteiger partial charge in [-0.05, 0) is 48.5 Å². The number of hydrogen-bond acceptors (Lipinski definition) is 4. The van der Waals surface area contributed by atoms with E-state index in [4.69, 9.17) is 4.98 Å². The van der Waals surface area contributed by atoms with Crippen LogP contribution in [0.15, 0.2) is 84.0 Å². The van der Waals surface area contributed by atoms with Gasteiger partial charge in [-0.1, -0.05) is 42.1 Å². The van der Waals surface area contributed by atoms with Gasteiger partial charge in [0.1, 0.15) is 0 Å². The van der Waals surface area contributed by atoms with Crippen molar-refractivity contribution in [3.63, 3.8) is 0 Å². The average molecular weight is 431 g/mol. The lowest BCUT2D eigenvalue weighted by Crippen LogP contribution is -2.21. The third kappa shape index (κ3) is 4.62. The van der Waals surface area contributed by atoms with Gasteiger partial charge in [-0.15, -0.1) is 0 Å². The van der Waals surface area contributed by atoms with Crippen LogP contribution in [-0.4, -0.2) is 46.1 Å². The molecule has 31 heavy (non-hydrogen) atoms. The molecule has 0 atom stereocenters. The van der Waals surface area contributed by atoms with Crippen LogP contribution < -0.4 is 5.32 Å². The predicted molar refractivity (Wildman–Crippen MR) is 125 cm³/mol. The van der Waals surface area contributed by atoms with Gasteiger partial charge in [-0.3, -0.25) is 14.2 Å². The van der Waals surface area contributed by atoms with Crippen LogP contribution in [0.5, 0.6) is 0 Å². The maximum atomic E-state index is 12.5. The summed E-state index contributed by atoms with van der Waals surface area (Å²) in [6, 6.07) is 24.8. The molecule has 156 valence electrons. The molecule has 0 fully saturated rings. The highest BCUT2D eigenvalue weighted by Crippen LogP contribution is 2.28. The van der Waals surface area contributed by atoms with Crippen molar-refractivity contribution in [3.8, 4) is 5.69 Å². The molecule has 0 aliphatic rings. The number of amides is 2. The van der Waals surface area contributed by atoms with E-state index >= 15 is 0 Å². The van der Waals surface area contributed by atoms with Crippen molar-refractivity contribution < 1.29 is 9.59 Å². The fourth-order valence-corrected chi connectivity index (χ4v) is 4.04. The highest BCUT2D eigenvalue weighted by molar-refractivity contribution is 7.99. The van der Waals surface area contributed by atoms with E-state index in [-0.39, 0.29) is 17.6 Å². The minimum Gasteiger partial charge on any atom is -0.345 e. The van der Waals surface area contributed by atoms with Crippen LogP contribution in [0.25, 0.3) is 16.7 Å². The van der Waals surface area contributed by atoms with Crippen molar-refractivity contribution in [1.82, 2.24) is 14.5 Å². The van der Waals surface area contributed by atoms with Crippen molar-refractivity contribution in [2.24, 2.45) is 0 Å². The number of nitrogens with zero attached hydrogens (tertiary/aromatic N) is 3. The van der Waals surface area contributed by atoms with E-state index in [9.17, 15) is 9.59 Å². The monoisotopic (exact) mass is 430 g/mol. The van der Waals surface area contributed by atoms with Crippen molar-refractivity contribution in [2.45, 2.75) is 5.16 Å². The zero-order chi connectivity index (χ0) is 21.8. The van der Waals surface area contributed by atoms with Gasteiger partial charge in [0.25, 0.3) is 5.91 Å². The number of nitrogens with one attached hydrogen (secondary N) is 1. The number of aromatic nitrogens is 2. The van der Waals surface area contributed by atoms with Gasteiger partial charge >= 0.3 is 0 Å². The minimum atomic E-state index is -0.136. The molecule has 2 amide bonds. The standard InChI is InChI=1S/C24H22N4O2S/c1-27(2)23(30)17-12-14-18(15-13-17)25-22(29)16-31-24-26-20-10-6-7-11-21(20)28(24)19-8-4-3-5-9-19/h3-15H,16H2,1-2H3,(H,25,29). The summed E-state index contributed by atoms with van der Waals surface area (Å²) in [5, 5.41) is 3.64. The Labute approximate surface area is 184 Å². The maximum Gasteiger partial charge on any atom is 0.253 e. The van der Waals surface area contributed by atoms with Crippen LogP contribution in [0.4, 0.5) is 5.69 Å². The molecule has 0 aliphatic carbocycles. The Balaban J connectivity index is 1.48. The molecule has 1 aromatic heterocycles. The second-order valence-corrected chi connectivity index (χ2v) is 8.11. The van der Waals surface area contributed by atoms with E-state index in [1.807, 2.05) is 54.6 Å². The molecule has 0 saturated heterocycles. The number of thioether (sulfide) groups is 1. The smallest absolute Gasteiger partial charge is 0.253 e. The molecule has 0 spiro atoms. The Kier molecular flexibility index (Phi) is 6.04. The van der Waals surface area contributed by atoms with E-state index in [2.05, 4.69) is 9.88 Å². The summed E-state index contributed by atoms with van der Waals surface area (Å²) in [7, 11) is 3.41. The van der Waals surface area contributed by atoms with Gasteiger partial charge in [0, 0.05) is 31.0 Å². The quantitative estimate of drug-likeness (QED) is 0.459. The molecule has 6 nitrogen and oxygen atoms in total. The third-order valence-electron chi connectivity index (χ3n) is 4.70. The highest BCUT2D eigenvalue weighted by atomic mass is 32.2. The molecule has 0 radical (unpaired) electrons. The van der Waals surface area contributed by atoms with Crippen LogP contribution in [0.1, 0.15) is 10.4 Å². The number of hydrogen-bond donors (Lipinski definition) is 1. The molecule has 3 aromatic carbocycles. The Hall–Kier alpha value is -3.58. The Morgan fingerprint density at radius 2 is 1.61 bits per heavy atom. The molecule has 1 heterocycles. The number of benzene rings is 3. The molecule has 7 heteroatoms. The molecule has 4 aromatic rings. The van der Waals surface area contributed by atoms with Crippen molar-refractivity contribution in [2.75, 3.05) is 25.2 Å². The van der Waals surface area contributed by atoms with E-state index in [0.29, 0.717) is 11.3 Å². The number of carbonyl (C=O) groups excluding carboxylic acids is 2. The predicted octanol–water partition coefficient (Wildman–Crippen LogP) is 4.46. The summed E-state index contributed by atoms with van der Waals surface area (Å²) >= 11 is 1.39. The van der Waals surface area contributed by atoms with E-state index in [1.54, 1.807) is 38.4 Å². The van der Waals surface area contributed by atoms with Crippen molar-refractivity contribution in [1.29, 1.82) is 0 Å². The summed E-state index contributed by atoms with van der Waals surface area (Å²) in [4.78, 5) is 30.8. The normalized spacial score (nSPS) is 10.8. The first kappa shape index (κ1) is 20.7. The number of rotatable bonds is 6. The molecular formula is C24H22N4O2S. The largest absolute Gasteiger partial charge is 0.345 e. The first-order chi connectivity index (χ1) is 15.0. The van der Waals surface area contributed by atoms with Gasteiger partial charge in [-0.25, -0.2) is 4.98 Å². The summed E-state index contributed by atoms with van der Waals surface area (Å²) in [5.41, 5.74) is 4.11. The maximum absolute atomic E-state index is 12.5. The number of anilines is 1. The Morgan fingerprint density at radius 1 is 0.935 bits per heavy atom. The lowest BCUT2D eigenvalue weighted by molar-refractivity contribution is -0.113. The van der Waals surface area contributed by atoms with Crippen LogP contribution in [0, 0.1) is 0 Å². The fraction of sp³-hybridized carbons (Fsp3) is 0.125. The number of carbonyl (C=O) groups is 2. The Morgan fingerprint density at radius 3 is 2.32 bits per heavy atom. The lowest BCUT2D eigenvalue weighted by atomic mass is 10.2. The minimum absolute atomic E-state index is 0.0757. The topological polar surface area (TPSA) is 67.2 Å². The van der Waals surface area contributed by atoms with E-state index in [1.165, 1.54) is 16.7 Å². The van der Waals surface area contributed by atoms with Crippen LogP contribution in [0.2, 0.25) is 0 Å². The zero-order valence-electron chi connectivity index (χ0n) is 17.3. The molecular weight excluding hydrogens is 408 g/mol. The second kappa shape index (κ2) is 9.06. The second-order valence-electron chi connectivity index (χ2n) is 7.17. The first-order valence-electron chi connectivity index (χ1n) is 9.80. The van der Waals surface area contributed by atoms with Crippen LogP contribution in [-0.2, 0) is 4.79 Å². The van der Waals surface area contributed by atoms with Crippen LogP contribution in [0.3, 0.4) is 0 Å². The summed E-state index contributed by atoms with van der Waals surface area (Å²) in [6.45, 7) is 0.